The summed E-state index contributed by atoms with van der Waals surface area (Å²) < 4.78 is 5.69. The molecule has 1 saturated carbocycles. The number of carbonyl (C=O) groups is 1. The van der Waals surface area contributed by atoms with Crippen LogP contribution in [-0.2, 0) is 6.54 Å². The summed E-state index contributed by atoms with van der Waals surface area (Å²) in [6, 6.07) is 3.95. The lowest BCUT2D eigenvalue weighted by molar-refractivity contribution is -0.0167. The fourth-order valence-electron chi connectivity index (χ4n) is 3.48. The molecule has 3 heterocycles. The average molecular weight is 326 g/mol. The number of hydrogen-bond donors (Lipinski definition) is 1. The molecule has 0 radical (unpaired) electrons. The summed E-state index contributed by atoms with van der Waals surface area (Å²) in [5.74, 6) is 2.01. The summed E-state index contributed by atoms with van der Waals surface area (Å²) in [4.78, 5) is 22.8. The largest absolute Gasteiger partial charge is 0.444 e. The molecule has 6 heteroatoms. The molecule has 2 aromatic rings. The average Bonchev–Trinajstić information content (AvgIpc) is 3.30. The van der Waals surface area contributed by atoms with Crippen molar-refractivity contribution in [2.45, 2.75) is 45.2 Å². The van der Waals surface area contributed by atoms with Crippen molar-refractivity contribution in [3.63, 3.8) is 0 Å². The molecule has 2 aliphatic rings. The highest BCUT2D eigenvalue weighted by molar-refractivity contribution is 5.76. The molecule has 2 fully saturated rings. The van der Waals surface area contributed by atoms with E-state index in [1.807, 2.05) is 17.0 Å². The summed E-state index contributed by atoms with van der Waals surface area (Å²) in [5.41, 5.74) is 1.18. The Bertz CT molecular complexity index is 736. The van der Waals surface area contributed by atoms with E-state index in [2.05, 4.69) is 29.1 Å². The van der Waals surface area contributed by atoms with Crippen molar-refractivity contribution < 1.29 is 9.21 Å². The summed E-state index contributed by atoms with van der Waals surface area (Å²) in [6.07, 6.45) is 7.57. The van der Waals surface area contributed by atoms with Gasteiger partial charge in [-0.15, -0.1) is 0 Å². The molecule has 126 valence electrons. The van der Waals surface area contributed by atoms with E-state index in [-0.39, 0.29) is 17.5 Å². The number of nitrogens with one attached hydrogen (secondary N) is 1. The molecule has 24 heavy (non-hydrogen) atoms. The predicted molar refractivity (Wildman–Crippen MR) is 88.2 cm³/mol. The highest BCUT2D eigenvalue weighted by Crippen LogP contribution is 2.48. The zero-order valence-electron chi connectivity index (χ0n) is 14.0. The van der Waals surface area contributed by atoms with Gasteiger partial charge in [0.1, 0.15) is 5.76 Å². The van der Waals surface area contributed by atoms with E-state index in [1.165, 1.54) is 0 Å². The van der Waals surface area contributed by atoms with Gasteiger partial charge in [-0.05, 0) is 30.5 Å². The van der Waals surface area contributed by atoms with E-state index in [9.17, 15) is 4.79 Å². The topological polar surface area (TPSA) is 71.3 Å². The van der Waals surface area contributed by atoms with Crippen LogP contribution in [0.25, 0.3) is 0 Å². The lowest BCUT2D eigenvalue weighted by Gasteiger charge is -2.54. The van der Waals surface area contributed by atoms with Crippen LogP contribution in [0.1, 0.15) is 55.9 Å². The number of amides is 2. The van der Waals surface area contributed by atoms with Gasteiger partial charge in [-0.2, -0.15) is 0 Å². The van der Waals surface area contributed by atoms with Gasteiger partial charge in [-0.3, -0.25) is 4.98 Å². The first-order valence-electron chi connectivity index (χ1n) is 8.43. The van der Waals surface area contributed by atoms with Crippen LogP contribution in [0.15, 0.2) is 35.1 Å². The molecule has 1 saturated heterocycles. The Morgan fingerprint density at radius 1 is 1.38 bits per heavy atom. The van der Waals surface area contributed by atoms with Crippen LogP contribution in [0.2, 0.25) is 0 Å². The lowest BCUT2D eigenvalue weighted by atomic mass is 9.72. The summed E-state index contributed by atoms with van der Waals surface area (Å²) in [6.45, 7) is 5.47. The fourth-order valence-corrected chi connectivity index (χ4v) is 3.48. The van der Waals surface area contributed by atoms with Gasteiger partial charge in [0.05, 0.1) is 18.8 Å². The highest BCUT2D eigenvalue weighted by atomic mass is 16.4. The van der Waals surface area contributed by atoms with Crippen molar-refractivity contribution in [2.24, 2.45) is 5.41 Å². The van der Waals surface area contributed by atoms with Crippen molar-refractivity contribution in [3.8, 4) is 0 Å². The third kappa shape index (κ3) is 2.77. The molecule has 4 rings (SSSR count). The molecule has 2 aromatic heterocycles. The minimum atomic E-state index is -0.0690. The van der Waals surface area contributed by atoms with Gasteiger partial charge in [0.15, 0.2) is 5.89 Å². The van der Waals surface area contributed by atoms with Crippen LogP contribution in [0.4, 0.5) is 4.79 Å². The molecular weight excluding hydrogens is 304 g/mol. The van der Waals surface area contributed by atoms with E-state index in [0.29, 0.717) is 18.2 Å². The van der Waals surface area contributed by atoms with E-state index in [0.717, 1.165) is 30.8 Å². The van der Waals surface area contributed by atoms with Crippen molar-refractivity contribution in [3.05, 3.63) is 47.9 Å². The monoisotopic (exact) mass is 326 g/mol. The van der Waals surface area contributed by atoms with Gasteiger partial charge < -0.3 is 14.6 Å². The molecular formula is C18H22N4O2. The van der Waals surface area contributed by atoms with E-state index in [1.54, 1.807) is 18.6 Å². The van der Waals surface area contributed by atoms with Crippen LogP contribution in [0.5, 0.6) is 0 Å². The molecule has 0 aromatic carbocycles. The lowest BCUT2D eigenvalue weighted by Crippen LogP contribution is -2.60. The molecule has 1 unspecified atom stereocenters. The Morgan fingerprint density at radius 3 is 2.79 bits per heavy atom. The fraction of sp³-hybridized carbons (Fsp3) is 0.500. The first-order valence-corrected chi connectivity index (χ1v) is 8.43. The van der Waals surface area contributed by atoms with Gasteiger partial charge in [0.25, 0.3) is 0 Å². The number of nitrogens with zero attached hydrogens (tertiary/aromatic N) is 3. The maximum Gasteiger partial charge on any atom is 0.318 e. The van der Waals surface area contributed by atoms with Gasteiger partial charge in [-0.25, -0.2) is 9.78 Å². The number of pyridine rings is 1. The molecule has 0 spiro atoms. The Hall–Kier alpha value is -2.37. The van der Waals surface area contributed by atoms with Gasteiger partial charge in [-0.1, -0.05) is 13.8 Å². The third-order valence-corrected chi connectivity index (χ3v) is 4.82. The molecule has 6 nitrogen and oxygen atoms in total. The van der Waals surface area contributed by atoms with Crippen molar-refractivity contribution in [1.82, 2.24) is 20.2 Å². The van der Waals surface area contributed by atoms with E-state index >= 15 is 0 Å². The van der Waals surface area contributed by atoms with Crippen LogP contribution in [0.3, 0.4) is 0 Å². The first-order chi connectivity index (χ1) is 11.5. The maximum atomic E-state index is 12.6. The second-order valence-corrected chi connectivity index (χ2v) is 7.40. The Kier molecular flexibility index (Phi) is 3.55. The molecule has 1 N–H and O–H groups in total. The van der Waals surface area contributed by atoms with Gasteiger partial charge >= 0.3 is 6.03 Å². The minimum absolute atomic E-state index is 0.0596. The predicted octanol–water partition coefficient (Wildman–Crippen LogP) is 3.24. The molecule has 1 aliphatic carbocycles. The Balaban J connectivity index is 1.40. The smallest absolute Gasteiger partial charge is 0.318 e. The number of carbonyl (C=O) groups excluding carboxylic acids is 1. The Labute approximate surface area is 141 Å². The summed E-state index contributed by atoms with van der Waals surface area (Å²) in [7, 11) is 0. The SMILES string of the molecule is CC1(C)CN(C(=O)NCc2cnc(C3CC3)o2)C1c1ccncc1. The zero-order valence-corrected chi connectivity index (χ0v) is 14.0. The second kappa shape index (κ2) is 5.61. The Morgan fingerprint density at radius 2 is 2.12 bits per heavy atom. The molecule has 1 aliphatic heterocycles. The summed E-state index contributed by atoms with van der Waals surface area (Å²) in [5, 5.41) is 2.95. The van der Waals surface area contributed by atoms with Crippen molar-refractivity contribution >= 4 is 6.03 Å². The molecule has 0 bridgehead atoms. The molecule has 2 amide bonds. The standard InChI is InChI=1S/C18H22N4O2/c1-18(2)11-22(15(18)12-5-7-19-8-6-12)17(23)21-10-14-9-20-16(24-14)13-3-4-13/h5-9,13,15H,3-4,10-11H2,1-2H3,(H,21,23). The maximum absolute atomic E-state index is 12.6. The van der Waals surface area contributed by atoms with Crippen molar-refractivity contribution in [1.29, 1.82) is 0 Å². The number of hydrogen-bond acceptors (Lipinski definition) is 4. The number of urea groups is 1. The van der Waals surface area contributed by atoms with Crippen molar-refractivity contribution in [2.75, 3.05) is 6.54 Å². The molecule has 1 atom stereocenters. The highest BCUT2D eigenvalue weighted by Gasteiger charge is 2.48. The van der Waals surface area contributed by atoms with Crippen LogP contribution in [0, 0.1) is 5.41 Å². The normalized spacial score (nSPS) is 22.1. The first kappa shape index (κ1) is 15.2. The minimum Gasteiger partial charge on any atom is -0.444 e. The second-order valence-electron chi connectivity index (χ2n) is 7.40. The van der Waals surface area contributed by atoms with Crippen LogP contribution < -0.4 is 5.32 Å². The van der Waals surface area contributed by atoms with Gasteiger partial charge in [0.2, 0.25) is 0 Å². The third-order valence-electron chi connectivity index (χ3n) is 4.82. The van der Waals surface area contributed by atoms with Crippen LogP contribution in [-0.4, -0.2) is 27.4 Å². The number of aromatic nitrogens is 2. The number of likely N-dealkylation sites (tertiary alicyclic amines) is 1. The van der Waals surface area contributed by atoms with E-state index < -0.39 is 0 Å². The van der Waals surface area contributed by atoms with Crippen LogP contribution >= 0.6 is 0 Å². The summed E-state index contributed by atoms with van der Waals surface area (Å²) >= 11 is 0. The van der Waals surface area contributed by atoms with E-state index in [4.69, 9.17) is 4.42 Å². The number of oxazole rings is 1. The quantitative estimate of drug-likeness (QED) is 0.936. The van der Waals surface area contributed by atoms with Gasteiger partial charge in [0, 0.05) is 30.3 Å². The zero-order chi connectivity index (χ0) is 16.7. The number of rotatable bonds is 4.